The predicted molar refractivity (Wildman–Crippen MR) is 70.6 cm³/mol. The Hall–Kier alpha value is -1.51. The lowest BCUT2D eigenvalue weighted by molar-refractivity contribution is 0.0950. The van der Waals surface area contributed by atoms with E-state index < -0.39 is 9.05 Å². The van der Waals surface area contributed by atoms with E-state index in [1.807, 2.05) is 0 Å². The van der Waals surface area contributed by atoms with E-state index in [0.717, 1.165) is 11.3 Å². The first-order chi connectivity index (χ1) is 8.97. The SMILES string of the molecule is O=C(NCc1ccc(S(=O)(=O)Cl)s1)c1ccnnc1. The normalized spacial score (nSPS) is 11.2. The zero-order valence-corrected chi connectivity index (χ0v) is 11.8. The second-order valence-electron chi connectivity index (χ2n) is 3.47. The number of hydrogen-bond donors (Lipinski definition) is 1. The highest BCUT2D eigenvalue weighted by Gasteiger charge is 2.13. The summed E-state index contributed by atoms with van der Waals surface area (Å²) in [5.41, 5.74) is 0.386. The quantitative estimate of drug-likeness (QED) is 0.861. The van der Waals surface area contributed by atoms with Gasteiger partial charge in [-0.3, -0.25) is 4.79 Å². The summed E-state index contributed by atoms with van der Waals surface area (Å²) in [6, 6.07) is 4.54. The third kappa shape index (κ3) is 3.72. The summed E-state index contributed by atoms with van der Waals surface area (Å²) in [5.74, 6) is -0.307. The van der Waals surface area contributed by atoms with Gasteiger partial charge >= 0.3 is 0 Å². The summed E-state index contributed by atoms with van der Waals surface area (Å²) in [6.45, 7) is 0.220. The highest BCUT2D eigenvalue weighted by molar-refractivity contribution is 8.15. The van der Waals surface area contributed by atoms with Crippen LogP contribution in [0.3, 0.4) is 0 Å². The van der Waals surface area contributed by atoms with E-state index in [2.05, 4.69) is 15.5 Å². The van der Waals surface area contributed by atoms with Crippen LogP contribution in [0.15, 0.2) is 34.8 Å². The Bertz CT molecular complexity index is 685. The van der Waals surface area contributed by atoms with Crippen LogP contribution in [-0.2, 0) is 15.6 Å². The van der Waals surface area contributed by atoms with Crippen molar-refractivity contribution in [3.63, 3.8) is 0 Å². The van der Waals surface area contributed by atoms with Gasteiger partial charge in [0.1, 0.15) is 4.21 Å². The Morgan fingerprint density at radius 2 is 2.11 bits per heavy atom. The molecule has 0 bridgehead atoms. The van der Waals surface area contributed by atoms with Crippen LogP contribution in [0.2, 0.25) is 0 Å². The number of hydrogen-bond acceptors (Lipinski definition) is 6. The van der Waals surface area contributed by atoms with E-state index in [-0.39, 0.29) is 16.7 Å². The summed E-state index contributed by atoms with van der Waals surface area (Å²) >= 11 is 1.01. The molecule has 2 rings (SSSR count). The molecule has 0 fully saturated rings. The van der Waals surface area contributed by atoms with Crippen LogP contribution in [0.4, 0.5) is 0 Å². The lowest BCUT2D eigenvalue weighted by Gasteiger charge is -2.02. The molecule has 2 heterocycles. The number of aromatic nitrogens is 2. The summed E-state index contributed by atoms with van der Waals surface area (Å²) in [6.07, 6.45) is 2.76. The molecule has 9 heteroatoms. The monoisotopic (exact) mass is 317 g/mol. The van der Waals surface area contributed by atoms with Crippen molar-refractivity contribution in [1.29, 1.82) is 0 Å². The molecule has 2 aromatic heterocycles. The van der Waals surface area contributed by atoms with Crippen molar-refractivity contribution in [3.05, 3.63) is 41.0 Å². The summed E-state index contributed by atoms with van der Waals surface area (Å²) in [4.78, 5) is 12.4. The lowest BCUT2D eigenvalue weighted by Crippen LogP contribution is -2.22. The van der Waals surface area contributed by atoms with E-state index >= 15 is 0 Å². The Morgan fingerprint density at radius 1 is 1.32 bits per heavy atom. The zero-order valence-electron chi connectivity index (χ0n) is 9.41. The molecule has 1 amide bonds. The molecule has 0 aliphatic heterocycles. The highest BCUT2D eigenvalue weighted by atomic mass is 35.7. The Labute approximate surface area is 117 Å². The van der Waals surface area contributed by atoms with Crippen molar-refractivity contribution in [1.82, 2.24) is 15.5 Å². The first-order valence-electron chi connectivity index (χ1n) is 5.05. The number of carbonyl (C=O) groups is 1. The molecular weight excluding hydrogens is 310 g/mol. The van der Waals surface area contributed by atoms with Gasteiger partial charge in [0, 0.05) is 15.6 Å². The molecule has 1 N–H and O–H groups in total. The number of thiophene rings is 1. The average Bonchev–Trinajstić information content (AvgIpc) is 2.86. The summed E-state index contributed by atoms with van der Waals surface area (Å²) in [7, 11) is 1.50. The Balaban J connectivity index is 2.00. The van der Waals surface area contributed by atoms with Crippen LogP contribution in [0.1, 0.15) is 15.2 Å². The number of rotatable bonds is 4. The highest BCUT2D eigenvalue weighted by Crippen LogP contribution is 2.24. The minimum absolute atomic E-state index is 0.0593. The first kappa shape index (κ1) is 13.9. The van der Waals surface area contributed by atoms with Crippen LogP contribution in [-0.4, -0.2) is 24.5 Å². The predicted octanol–water partition coefficient (Wildman–Crippen LogP) is 1.40. The molecule has 100 valence electrons. The van der Waals surface area contributed by atoms with Gasteiger partial charge in [-0.25, -0.2) is 8.42 Å². The second kappa shape index (κ2) is 5.64. The molecule has 0 aliphatic rings. The maximum Gasteiger partial charge on any atom is 0.270 e. The molecule has 0 radical (unpaired) electrons. The fraction of sp³-hybridized carbons (Fsp3) is 0.100. The molecule has 0 unspecified atom stereocenters. The fourth-order valence-corrected chi connectivity index (χ4v) is 3.34. The molecule has 0 spiro atoms. The van der Waals surface area contributed by atoms with E-state index in [1.54, 1.807) is 6.07 Å². The van der Waals surface area contributed by atoms with Gasteiger partial charge in [-0.2, -0.15) is 10.2 Å². The van der Waals surface area contributed by atoms with E-state index in [0.29, 0.717) is 10.4 Å². The molecular formula is C10H8ClN3O3S2. The van der Waals surface area contributed by atoms with E-state index in [4.69, 9.17) is 10.7 Å². The van der Waals surface area contributed by atoms with Gasteiger partial charge in [0.25, 0.3) is 15.0 Å². The smallest absolute Gasteiger partial charge is 0.270 e. The van der Waals surface area contributed by atoms with Crippen molar-refractivity contribution in [2.45, 2.75) is 10.8 Å². The number of carbonyl (C=O) groups excluding carboxylic acids is 1. The van der Waals surface area contributed by atoms with Gasteiger partial charge in [0.2, 0.25) is 0 Å². The largest absolute Gasteiger partial charge is 0.347 e. The third-order valence-electron chi connectivity index (χ3n) is 2.15. The molecule has 2 aromatic rings. The number of nitrogens with one attached hydrogen (secondary N) is 1. The lowest BCUT2D eigenvalue weighted by atomic mass is 10.3. The van der Waals surface area contributed by atoms with Gasteiger partial charge < -0.3 is 5.32 Å². The number of amides is 1. The Kier molecular flexibility index (Phi) is 4.13. The molecule has 0 aromatic carbocycles. The fourth-order valence-electron chi connectivity index (χ4n) is 1.28. The van der Waals surface area contributed by atoms with Gasteiger partial charge in [-0.05, 0) is 18.2 Å². The van der Waals surface area contributed by atoms with E-state index in [1.165, 1.54) is 24.5 Å². The van der Waals surface area contributed by atoms with Crippen LogP contribution in [0.25, 0.3) is 0 Å². The minimum Gasteiger partial charge on any atom is -0.347 e. The topological polar surface area (TPSA) is 89.0 Å². The molecule has 19 heavy (non-hydrogen) atoms. The van der Waals surface area contributed by atoms with Crippen molar-refractivity contribution in [3.8, 4) is 0 Å². The van der Waals surface area contributed by atoms with Crippen LogP contribution >= 0.6 is 22.0 Å². The van der Waals surface area contributed by atoms with E-state index in [9.17, 15) is 13.2 Å². The van der Waals surface area contributed by atoms with Crippen LogP contribution in [0.5, 0.6) is 0 Å². The van der Waals surface area contributed by atoms with Gasteiger partial charge in [0.05, 0.1) is 24.5 Å². The van der Waals surface area contributed by atoms with Crippen molar-refractivity contribution in [2.24, 2.45) is 0 Å². The number of halogens is 1. The maximum atomic E-state index is 11.7. The minimum atomic E-state index is -3.71. The molecule has 0 atom stereocenters. The number of nitrogens with zero attached hydrogens (tertiary/aromatic N) is 2. The Morgan fingerprint density at radius 3 is 2.68 bits per heavy atom. The zero-order chi connectivity index (χ0) is 13.9. The van der Waals surface area contributed by atoms with Crippen LogP contribution < -0.4 is 5.32 Å². The second-order valence-corrected chi connectivity index (χ2v) is 7.43. The van der Waals surface area contributed by atoms with Gasteiger partial charge in [-0.1, -0.05) is 0 Å². The molecule has 0 aliphatic carbocycles. The maximum absolute atomic E-state index is 11.7. The summed E-state index contributed by atoms with van der Waals surface area (Å²) < 4.78 is 22.2. The van der Waals surface area contributed by atoms with Crippen molar-refractivity contribution < 1.29 is 13.2 Å². The molecule has 0 saturated heterocycles. The third-order valence-corrected chi connectivity index (χ3v) is 5.32. The average molecular weight is 318 g/mol. The molecule has 6 nitrogen and oxygen atoms in total. The van der Waals surface area contributed by atoms with Crippen molar-refractivity contribution >= 4 is 37.0 Å². The molecule has 0 saturated carbocycles. The van der Waals surface area contributed by atoms with Crippen LogP contribution in [0, 0.1) is 0 Å². The van der Waals surface area contributed by atoms with Crippen molar-refractivity contribution in [2.75, 3.05) is 0 Å². The standard InChI is InChI=1S/C10H8ClN3O3S2/c11-19(16,17)9-2-1-8(18-9)6-12-10(15)7-3-4-13-14-5-7/h1-5H,6H2,(H,12,15). The van der Waals surface area contributed by atoms with Gasteiger partial charge in [-0.15, -0.1) is 11.3 Å². The first-order valence-corrected chi connectivity index (χ1v) is 8.17. The van der Waals surface area contributed by atoms with Gasteiger partial charge in [0.15, 0.2) is 0 Å². The summed E-state index contributed by atoms with van der Waals surface area (Å²) in [5, 5.41) is 9.81.